The van der Waals surface area contributed by atoms with Crippen LogP contribution in [0.25, 0.3) is 11.3 Å². The van der Waals surface area contributed by atoms with Gasteiger partial charge in [-0.2, -0.15) is 0 Å². The zero-order valence-corrected chi connectivity index (χ0v) is 21.2. The molecule has 2 aromatic carbocycles. The lowest BCUT2D eigenvalue weighted by molar-refractivity contribution is 0.392. The molecule has 0 radical (unpaired) electrons. The maximum absolute atomic E-state index is 6.38. The summed E-state index contributed by atoms with van der Waals surface area (Å²) in [5.41, 5.74) is 2.44. The van der Waals surface area contributed by atoms with E-state index in [1.54, 1.807) is 32.5 Å². The van der Waals surface area contributed by atoms with Crippen LogP contribution in [-0.2, 0) is 0 Å². The first kappa shape index (κ1) is 23.5. The molecule has 0 bridgehead atoms. The Morgan fingerprint density at radius 2 is 1.83 bits per heavy atom. The Morgan fingerprint density at radius 3 is 2.54 bits per heavy atom. The molecule has 0 unspecified atom stereocenters. The van der Waals surface area contributed by atoms with Gasteiger partial charge in [-0.05, 0) is 66.8 Å². The van der Waals surface area contributed by atoms with E-state index in [-0.39, 0.29) is 12.1 Å². The first-order valence-electron chi connectivity index (χ1n) is 10.8. The quantitative estimate of drug-likeness (QED) is 0.276. The molecule has 1 N–H and O–H groups in total. The number of methoxy groups -OCH3 is 2. The highest BCUT2D eigenvalue weighted by Crippen LogP contribution is 2.46. The molecule has 6 nitrogen and oxygen atoms in total. The van der Waals surface area contributed by atoms with Crippen molar-refractivity contribution in [2.24, 2.45) is 0 Å². The number of halogens is 2. The van der Waals surface area contributed by atoms with Gasteiger partial charge in [-0.15, -0.1) is 0 Å². The van der Waals surface area contributed by atoms with Crippen LogP contribution in [0.3, 0.4) is 0 Å². The highest BCUT2D eigenvalue weighted by Gasteiger charge is 2.43. The molecule has 1 fully saturated rings. The van der Waals surface area contributed by atoms with Crippen LogP contribution >= 0.6 is 35.4 Å². The van der Waals surface area contributed by atoms with Crippen LogP contribution in [-0.4, -0.2) is 24.3 Å². The molecule has 178 valence electrons. The van der Waals surface area contributed by atoms with Crippen LogP contribution in [0.15, 0.2) is 77.3 Å². The summed E-state index contributed by atoms with van der Waals surface area (Å²) in [4.78, 5) is 6.57. The van der Waals surface area contributed by atoms with Crippen LogP contribution in [0.5, 0.6) is 11.5 Å². The third-order valence-corrected chi connectivity index (χ3v) is 6.92. The number of ether oxygens (including phenoxy) is 2. The van der Waals surface area contributed by atoms with Crippen molar-refractivity contribution in [2.45, 2.75) is 12.1 Å². The number of nitrogens with one attached hydrogen (secondary N) is 1. The highest BCUT2D eigenvalue weighted by atomic mass is 35.5. The van der Waals surface area contributed by atoms with E-state index >= 15 is 0 Å². The Bertz CT molecular complexity index is 1380. The molecule has 1 saturated heterocycles. The molecular formula is C26H21Cl2N3O3S. The van der Waals surface area contributed by atoms with Crippen molar-refractivity contribution >= 4 is 46.2 Å². The standard InChI is InChI=1S/C26H21Cl2N3O3S/c1-32-16-7-9-20(23(14-16)33-2)31-25(24(30-26(31)35)19-5-3-4-12-29-19)22-11-10-21(34-22)15-6-8-17(27)18(28)13-15/h3-14,24-25H,1-2H3,(H,30,35)/t24-,25-/m1/s1. The largest absolute Gasteiger partial charge is 0.497 e. The summed E-state index contributed by atoms with van der Waals surface area (Å²) in [7, 11) is 3.23. The number of rotatable bonds is 6. The fraction of sp³-hybridized carbons (Fsp3) is 0.154. The van der Waals surface area contributed by atoms with Gasteiger partial charge in [-0.25, -0.2) is 0 Å². The van der Waals surface area contributed by atoms with Crippen molar-refractivity contribution in [1.29, 1.82) is 0 Å². The van der Waals surface area contributed by atoms with Crippen LogP contribution in [0.2, 0.25) is 10.0 Å². The van der Waals surface area contributed by atoms with Gasteiger partial charge in [-0.3, -0.25) is 4.98 Å². The molecule has 5 rings (SSSR count). The summed E-state index contributed by atoms with van der Waals surface area (Å²) in [5, 5.41) is 4.90. The predicted octanol–water partition coefficient (Wildman–Crippen LogP) is 6.84. The number of nitrogens with zero attached hydrogens (tertiary/aromatic N) is 2. The Balaban J connectivity index is 1.62. The molecule has 4 aromatic rings. The lowest BCUT2D eigenvalue weighted by Gasteiger charge is -2.27. The van der Waals surface area contributed by atoms with Gasteiger partial charge in [0.15, 0.2) is 5.11 Å². The molecule has 2 atom stereocenters. The Morgan fingerprint density at radius 1 is 0.971 bits per heavy atom. The summed E-state index contributed by atoms with van der Waals surface area (Å²) in [6.07, 6.45) is 1.76. The summed E-state index contributed by atoms with van der Waals surface area (Å²) < 4.78 is 17.5. The number of benzene rings is 2. The van der Waals surface area contributed by atoms with Crippen LogP contribution in [0.4, 0.5) is 5.69 Å². The zero-order valence-electron chi connectivity index (χ0n) is 18.9. The number of hydrogen-bond donors (Lipinski definition) is 1. The van der Waals surface area contributed by atoms with E-state index in [2.05, 4.69) is 10.3 Å². The topological polar surface area (TPSA) is 59.8 Å². The lowest BCUT2D eigenvalue weighted by atomic mass is 10.0. The lowest BCUT2D eigenvalue weighted by Crippen LogP contribution is -2.29. The second-order valence-electron chi connectivity index (χ2n) is 7.87. The molecular weight excluding hydrogens is 505 g/mol. The van der Waals surface area contributed by atoms with Gasteiger partial charge in [-0.1, -0.05) is 29.3 Å². The Hall–Kier alpha value is -3.26. The molecule has 0 aliphatic carbocycles. The first-order chi connectivity index (χ1) is 17.0. The van der Waals surface area contributed by atoms with E-state index in [0.29, 0.717) is 38.2 Å². The highest BCUT2D eigenvalue weighted by molar-refractivity contribution is 7.80. The number of anilines is 1. The Kier molecular flexibility index (Phi) is 6.56. The smallest absolute Gasteiger partial charge is 0.174 e. The predicted molar refractivity (Wildman–Crippen MR) is 142 cm³/mol. The van der Waals surface area contributed by atoms with Crippen molar-refractivity contribution in [3.05, 3.63) is 94.4 Å². The zero-order chi connectivity index (χ0) is 24.5. The van der Waals surface area contributed by atoms with Gasteiger partial charge in [0.25, 0.3) is 0 Å². The third kappa shape index (κ3) is 4.43. The minimum atomic E-state index is -0.337. The number of hydrogen-bond acceptors (Lipinski definition) is 5. The van der Waals surface area contributed by atoms with Gasteiger partial charge in [0.2, 0.25) is 0 Å². The SMILES string of the molecule is COc1ccc(N2C(=S)N[C@H](c3ccccn3)[C@H]2c2ccc(-c3ccc(Cl)c(Cl)c3)o2)c(OC)c1. The van der Waals surface area contributed by atoms with Crippen LogP contribution in [0, 0.1) is 0 Å². The summed E-state index contributed by atoms with van der Waals surface area (Å²) in [6, 6.07) is 20.1. The van der Waals surface area contributed by atoms with Gasteiger partial charge in [0.1, 0.15) is 29.1 Å². The van der Waals surface area contributed by atoms with Crippen molar-refractivity contribution in [1.82, 2.24) is 10.3 Å². The number of aromatic nitrogens is 1. The fourth-order valence-corrected chi connectivity index (χ4v) is 4.84. The second-order valence-corrected chi connectivity index (χ2v) is 9.07. The monoisotopic (exact) mass is 525 g/mol. The fourth-order valence-electron chi connectivity index (χ4n) is 4.20. The van der Waals surface area contributed by atoms with Gasteiger partial charge < -0.3 is 24.1 Å². The third-order valence-electron chi connectivity index (χ3n) is 5.87. The maximum atomic E-state index is 6.38. The number of pyridine rings is 1. The molecule has 1 aliphatic heterocycles. The molecule has 2 aromatic heterocycles. The van der Waals surface area contributed by atoms with E-state index in [1.807, 2.05) is 59.5 Å². The van der Waals surface area contributed by atoms with Gasteiger partial charge in [0.05, 0.1) is 41.7 Å². The average Bonchev–Trinajstić information content (AvgIpc) is 3.50. The first-order valence-corrected chi connectivity index (χ1v) is 11.9. The van der Waals surface area contributed by atoms with E-state index in [9.17, 15) is 0 Å². The van der Waals surface area contributed by atoms with Gasteiger partial charge in [0, 0.05) is 17.8 Å². The summed E-state index contributed by atoms with van der Waals surface area (Å²) >= 11 is 18.1. The number of furan rings is 1. The molecule has 0 saturated carbocycles. The van der Waals surface area contributed by atoms with Gasteiger partial charge >= 0.3 is 0 Å². The van der Waals surface area contributed by atoms with E-state index in [0.717, 1.165) is 16.9 Å². The number of thiocarbonyl (C=S) groups is 1. The van der Waals surface area contributed by atoms with Crippen LogP contribution in [0.1, 0.15) is 23.5 Å². The maximum Gasteiger partial charge on any atom is 0.174 e. The van der Waals surface area contributed by atoms with E-state index in [1.165, 1.54) is 0 Å². The molecule has 9 heteroatoms. The van der Waals surface area contributed by atoms with Crippen molar-refractivity contribution in [3.8, 4) is 22.8 Å². The van der Waals surface area contributed by atoms with Crippen molar-refractivity contribution in [3.63, 3.8) is 0 Å². The Labute approximate surface area is 218 Å². The molecule has 1 aliphatic rings. The van der Waals surface area contributed by atoms with Crippen LogP contribution < -0.4 is 19.7 Å². The van der Waals surface area contributed by atoms with E-state index in [4.69, 9.17) is 49.3 Å². The summed E-state index contributed by atoms with van der Waals surface area (Å²) in [6.45, 7) is 0. The minimum absolute atomic E-state index is 0.261. The van der Waals surface area contributed by atoms with Crippen molar-refractivity contribution < 1.29 is 13.9 Å². The minimum Gasteiger partial charge on any atom is -0.497 e. The second kappa shape index (κ2) is 9.77. The average molecular weight is 526 g/mol. The molecule has 3 heterocycles. The normalized spacial score (nSPS) is 17.4. The molecule has 0 spiro atoms. The van der Waals surface area contributed by atoms with Crippen molar-refractivity contribution in [2.75, 3.05) is 19.1 Å². The van der Waals surface area contributed by atoms with E-state index < -0.39 is 0 Å². The molecule has 0 amide bonds. The summed E-state index contributed by atoms with van der Waals surface area (Å²) in [5.74, 6) is 2.67. The molecule has 35 heavy (non-hydrogen) atoms.